The fourth-order valence-electron chi connectivity index (χ4n) is 11.7. The summed E-state index contributed by atoms with van der Waals surface area (Å²) < 4.78 is 54.4. The molecule has 0 aromatic rings. The fourth-order valence-corrected chi connectivity index (χ4v) is 11.7. The Morgan fingerprint density at radius 2 is 1.56 bits per heavy atom. The molecule has 10 heterocycles. The first-order valence-corrected chi connectivity index (χ1v) is 20.4. The third-order valence-electron chi connectivity index (χ3n) is 14.5. The molecular weight excluding hydrogens is 668 g/mol. The third-order valence-corrected chi connectivity index (χ3v) is 14.5. The molecule has 10 aliphatic heterocycles. The lowest BCUT2D eigenvalue weighted by Crippen LogP contribution is -2.61. The quantitative estimate of drug-likeness (QED) is 0.399. The summed E-state index contributed by atoms with van der Waals surface area (Å²) in [5.41, 5.74) is 1.72. The molecule has 0 aromatic carbocycles. The van der Waals surface area contributed by atoms with Crippen LogP contribution in [0.15, 0.2) is 24.3 Å². The zero-order chi connectivity index (χ0) is 36.1. The second-order valence-corrected chi connectivity index (χ2v) is 18.2. The molecular formula is C41H60O11. The highest BCUT2D eigenvalue weighted by atomic mass is 16.8. The molecule has 10 fully saturated rings. The van der Waals surface area contributed by atoms with Crippen LogP contribution in [0.1, 0.15) is 104 Å². The summed E-state index contributed by atoms with van der Waals surface area (Å²) in [4.78, 5) is 14.0. The van der Waals surface area contributed by atoms with Crippen molar-refractivity contribution in [2.75, 3.05) is 6.61 Å². The normalized spacial score (nSPS) is 53.8. The first kappa shape index (κ1) is 36.4. The predicted molar refractivity (Wildman–Crippen MR) is 187 cm³/mol. The molecule has 0 aliphatic carbocycles. The number of fused-ring (bicyclic) bond motifs is 6. The summed E-state index contributed by atoms with van der Waals surface area (Å²) in [5, 5.41) is 20.0. The largest absolute Gasteiger partial charge is 0.394 e. The summed E-state index contributed by atoms with van der Waals surface area (Å²) >= 11 is 0. The summed E-state index contributed by atoms with van der Waals surface area (Å²) in [6, 6.07) is 0. The number of hydrogen-bond acceptors (Lipinski definition) is 11. The van der Waals surface area contributed by atoms with Crippen LogP contribution in [-0.2, 0) is 42.7 Å². The van der Waals surface area contributed by atoms with Crippen LogP contribution in [0, 0.1) is 17.8 Å². The number of carbonyl (C=O) groups is 1. The average Bonchev–Trinajstić information content (AvgIpc) is 3.73. The van der Waals surface area contributed by atoms with Gasteiger partial charge in [0.2, 0.25) is 0 Å². The Bertz CT molecular complexity index is 1400. The van der Waals surface area contributed by atoms with Gasteiger partial charge in [0.15, 0.2) is 5.79 Å². The number of hydrogen-bond donors (Lipinski definition) is 2. The van der Waals surface area contributed by atoms with E-state index < -0.39 is 17.5 Å². The summed E-state index contributed by atoms with van der Waals surface area (Å²) in [7, 11) is 0. The van der Waals surface area contributed by atoms with Gasteiger partial charge in [-0.15, -0.1) is 0 Å². The molecule has 52 heavy (non-hydrogen) atoms. The van der Waals surface area contributed by atoms with Gasteiger partial charge in [0.25, 0.3) is 0 Å². The molecule has 1 spiro atoms. The number of rotatable bonds is 3. The first-order chi connectivity index (χ1) is 24.9. The molecule has 19 atom stereocenters. The van der Waals surface area contributed by atoms with Crippen LogP contribution in [0.3, 0.4) is 0 Å². The van der Waals surface area contributed by atoms with Crippen molar-refractivity contribution in [3.05, 3.63) is 24.3 Å². The second-order valence-electron chi connectivity index (χ2n) is 18.2. The maximum Gasteiger partial charge on any atom is 0.172 e. The second kappa shape index (κ2) is 13.7. The zero-order valence-electron chi connectivity index (χ0n) is 31.2. The van der Waals surface area contributed by atoms with Gasteiger partial charge >= 0.3 is 0 Å². The van der Waals surface area contributed by atoms with Gasteiger partial charge in [-0.05, 0) is 80.8 Å². The van der Waals surface area contributed by atoms with Crippen LogP contribution in [0.2, 0.25) is 0 Å². The number of Topliss-reactive ketones (excluding diaryl/α,β-unsaturated/α-hetero) is 1. The lowest BCUT2D eigenvalue weighted by molar-refractivity contribution is -0.294. The van der Waals surface area contributed by atoms with E-state index in [4.69, 9.17) is 37.9 Å². The topological polar surface area (TPSA) is 131 Å². The van der Waals surface area contributed by atoms with Crippen molar-refractivity contribution in [1.82, 2.24) is 0 Å². The van der Waals surface area contributed by atoms with E-state index in [1.807, 2.05) is 0 Å². The van der Waals surface area contributed by atoms with Crippen molar-refractivity contribution in [2.24, 2.45) is 17.8 Å². The van der Waals surface area contributed by atoms with E-state index >= 15 is 0 Å². The highest BCUT2D eigenvalue weighted by molar-refractivity contribution is 5.79. The summed E-state index contributed by atoms with van der Waals surface area (Å²) in [6.07, 6.45) is 5.40. The SMILES string of the molecule is C=C1C[C@@H]2CC[C@@]34C[C@@]5(C)O[C@H]6[C@@H](O3)[C@H]3OC(CC[C@@H]3O[C@H]6[C@H]5O4)CC(=O)C[C@@H]3[C@@H](C)[C@@H](C[C@H](O)CO)O[C@H]3CC3O[C@H](CCC1O2)C[C@@H](C)C3=C. The molecule has 0 saturated carbocycles. The van der Waals surface area contributed by atoms with Crippen molar-refractivity contribution in [1.29, 1.82) is 0 Å². The number of aliphatic hydroxyl groups excluding tert-OH is 2. The first-order valence-electron chi connectivity index (χ1n) is 20.4. The Labute approximate surface area is 308 Å². The van der Waals surface area contributed by atoms with Gasteiger partial charge in [0.05, 0.1) is 61.5 Å². The lowest BCUT2D eigenvalue weighted by atomic mass is 9.78. The van der Waals surface area contributed by atoms with Crippen LogP contribution in [0.4, 0.5) is 0 Å². The van der Waals surface area contributed by atoms with Crippen LogP contribution in [0.25, 0.3) is 0 Å². The molecule has 10 saturated heterocycles. The standard InChI is InChI=1S/C41H60O11/c1-20-12-26-6-8-30-21(2)13-28(45-30)10-11-41-19-40(5)39(52-41)38-37(50-40)36(51-41)35-31(49-38)9-7-27(47-35)14-24(43)15-29-23(4)32(16-25(44)18-42)48-34(29)17-33(46-26)22(20)3/h20,23,25-39,42,44H,2-3,6-19H2,1,4-5H3/t20-,23-,25+,26-,27?,28+,29-,30?,31+,32-,33?,34+,35+,36+,37+,38-,39-,40-,41-/m1/s1. The Balaban J connectivity index is 0.994. The van der Waals surface area contributed by atoms with Gasteiger partial charge in [-0.1, -0.05) is 27.0 Å². The molecule has 10 aliphatic rings. The Hall–Kier alpha value is -1.25. The minimum absolute atomic E-state index is 0.0143. The molecule has 0 amide bonds. The molecule has 2 N–H and O–H groups in total. The van der Waals surface area contributed by atoms with Crippen molar-refractivity contribution in [2.45, 2.75) is 201 Å². The fraction of sp³-hybridized carbons (Fsp3) is 0.878. The van der Waals surface area contributed by atoms with E-state index in [9.17, 15) is 15.0 Å². The lowest BCUT2D eigenvalue weighted by Gasteiger charge is -2.47. The monoisotopic (exact) mass is 728 g/mol. The van der Waals surface area contributed by atoms with Gasteiger partial charge in [-0.3, -0.25) is 4.79 Å². The van der Waals surface area contributed by atoms with E-state index in [0.29, 0.717) is 44.4 Å². The van der Waals surface area contributed by atoms with E-state index in [2.05, 4.69) is 33.9 Å². The number of carbonyl (C=O) groups excluding carboxylic acids is 1. The number of aliphatic hydroxyl groups is 2. The Morgan fingerprint density at radius 3 is 2.38 bits per heavy atom. The van der Waals surface area contributed by atoms with Gasteiger partial charge in [0.1, 0.15) is 41.9 Å². The zero-order valence-corrected chi connectivity index (χ0v) is 31.2. The molecule has 11 heteroatoms. The van der Waals surface area contributed by atoms with Crippen molar-refractivity contribution < 1.29 is 52.9 Å². The van der Waals surface area contributed by atoms with E-state index in [1.165, 1.54) is 0 Å². The van der Waals surface area contributed by atoms with Gasteiger partial charge in [-0.25, -0.2) is 0 Å². The van der Waals surface area contributed by atoms with Crippen LogP contribution in [0.5, 0.6) is 0 Å². The minimum atomic E-state index is -0.875. The van der Waals surface area contributed by atoms with Crippen molar-refractivity contribution >= 4 is 5.78 Å². The van der Waals surface area contributed by atoms with Crippen LogP contribution >= 0.6 is 0 Å². The van der Waals surface area contributed by atoms with Crippen LogP contribution < -0.4 is 0 Å². The third kappa shape index (κ3) is 6.40. The molecule has 290 valence electrons. The average molecular weight is 729 g/mol. The van der Waals surface area contributed by atoms with Crippen LogP contribution in [-0.4, -0.2) is 119 Å². The maximum atomic E-state index is 14.0. The van der Waals surface area contributed by atoms with Gasteiger partial charge < -0.3 is 48.1 Å². The predicted octanol–water partition coefficient (Wildman–Crippen LogP) is 4.48. The van der Waals surface area contributed by atoms with E-state index in [1.54, 1.807) is 0 Å². The summed E-state index contributed by atoms with van der Waals surface area (Å²) in [5.74, 6) is -0.418. The number of ketones is 1. The molecule has 11 nitrogen and oxygen atoms in total. The molecule has 0 aromatic heterocycles. The van der Waals surface area contributed by atoms with Crippen molar-refractivity contribution in [3.8, 4) is 0 Å². The molecule has 10 rings (SSSR count). The van der Waals surface area contributed by atoms with Crippen molar-refractivity contribution in [3.63, 3.8) is 0 Å². The molecule has 12 bridgehead atoms. The summed E-state index contributed by atoms with van der Waals surface area (Å²) in [6.45, 7) is 15.1. The maximum absolute atomic E-state index is 14.0. The molecule has 3 unspecified atom stereocenters. The Kier molecular flexibility index (Phi) is 9.62. The highest BCUT2D eigenvalue weighted by Gasteiger charge is 2.73. The Morgan fingerprint density at radius 1 is 0.788 bits per heavy atom. The van der Waals surface area contributed by atoms with Gasteiger partial charge in [-0.2, -0.15) is 0 Å². The minimum Gasteiger partial charge on any atom is -0.394 e. The van der Waals surface area contributed by atoms with E-state index in [0.717, 1.165) is 56.1 Å². The number of ether oxygens (including phenoxy) is 8. The van der Waals surface area contributed by atoms with E-state index in [-0.39, 0.29) is 104 Å². The van der Waals surface area contributed by atoms with Gasteiger partial charge in [0, 0.05) is 38.5 Å². The molecule has 0 radical (unpaired) electrons. The smallest absolute Gasteiger partial charge is 0.172 e. The highest BCUT2D eigenvalue weighted by Crippen LogP contribution is 2.58.